The molecule has 0 saturated heterocycles. The molecule has 2 N–H and O–H groups in total. The summed E-state index contributed by atoms with van der Waals surface area (Å²) >= 11 is 0. The van der Waals surface area contributed by atoms with Gasteiger partial charge in [0.2, 0.25) is 0 Å². The summed E-state index contributed by atoms with van der Waals surface area (Å²) in [6.45, 7) is 1.82. The van der Waals surface area contributed by atoms with Gasteiger partial charge in [-0.15, -0.1) is 0 Å². The summed E-state index contributed by atoms with van der Waals surface area (Å²) in [4.78, 5) is 23.7. The number of anilines is 1. The predicted molar refractivity (Wildman–Crippen MR) is 60.0 cm³/mol. The van der Waals surface area contributed by atoms with Gasteiger partial charge in [0.1, 0.15) is 5.82 Å². The summed E-state index contributed by atoms with van der Waals surface area (Å²) in [5.74, 6) is 0.0741. The SMILES string of the molecule is [2H]C([2H])(CC)n1c(=O)cc(N)n(CCC)c1=O. The van der Waals surface area contributed by atoms with Crippen molar-refractivity contribution in [1.82, 2.24) is 9.13 Å². The molecule has 84 valence electrons. The van der Waals surface area contributed by atoms with Gasteiger partial charge in [-0.25, -0.2) is 4.79 Å². The van der Waals surface area contributed by atoms with Gasteiger partial charge in [-0.1, -0.05) is 13.8 Å². The zero-order chi connectivity index (χ0) is 13.2. The van der Waals surface area contributed by atoms with Gasteiger partial charge in [0.25, 0.3) is 5.56 Å². The number of nitrogens with zero attached hydrogens (tertiary/aromatic N) is 2. The first-order chi connectivity index (χ1) is 7.85. The van der Waals surface area contributed by atoms with Crippen molar-refractivity contribution >= 4 is 5.82 Å². The lowest BCUT2D eigenvalue weighted by atomic mass is 10.4. The fraction of sp³-hybridized carbons (Fsp3) is 0.600. The van der Waals surface area contributed by atoms with Crippen LogP contribution in [0.1, 0.15) is 29.4 Å². The Kier molecular flexibility index (Phi) is 2.81. The topological polar surface area (TPSA) is 70.0 Å². The second-order valence-electron chi connectivity index (χ2n) is 3.19. The van der Waals surface area contributed by atoms with Gasteiger partial charge in [0.15, 0.2) is 0 Å². The average molecular weight is 213 g/mol. The van der Waals surface area contributed by atoms with Gasteiger partial charge < -0.3 is 5.73 Å². The minimum absolute atomic E-state index is 0.0399. The molecule has 0 amide bonds. The first kappa shape index (κ1) is 8.76. The number of nitrogens with two attached hydrogens (primary N) is 1. The van der Waals surface area contributed by atoms with Crippen LogP contribution in [0.2, 0.25) is 0 Å². The van der Waals surface area contributed by atoms with E-state index in [0.29, 0.717) is 17.5 Å². The van der Waals surface area contributed by atoms with E-state index >= 15 is 0 Å². The summed E-state index contributed by atoms with van der Waals surface area (Å²) in [5.41, 5.74) is 4.20. The molecule has 0 saturated carbocycles. The third kappa shape index (κ3) is 2.29. The zero-order valence-electron chi connectivity index (χ0n) is 11.0. The zero-order valence-corrected chi connectivity index (χ0v) is 8.99. The van der Waals surface area contributed by atoms with E-state index in [1.807, 2.05) is 6.92 Å². The maximum absolute atomic E-state index is 12.0. The van der Waals surface area contributed by atoms with E-state index < -0.39 is 17.7 Å². The van der Waals surface area contributed by atoms with Gasteiger partial charge in [0, 0.05) is 19.1 Å². The van der Waals surface area contributed by atoms with Gasteiger partial charge in [-0.3, -0.25) is 13.9 Å². The van der Waals surface area contributed by atoms with E-state index in [0.717, 1.165) is 6.07 Å². The second-order valence-corrected chi connectivity index (χ2v) is 3.19. The summed E-state index contributed by atoms with van der Waals surface area (Å²) in [6, 6.07) is 1.09. The maximum Gasteiger partial charge on any atom is 0.332 e. The minimum Gasteiger partial charge on any atom is -0.385 e. The third-order valence-electron chi connectivity index (χ3n) is 1.99. The molecule has 0 bridgehead atoms. The van der Waals surface area contributed by atoms with E-state index in [4.69, 9.17) is 8.48 Å². The van der Waals surface area contributed by atoms with E-state index in [9.17, 15) is 9.59 Å². The number of hydrogen-bond acceptors (Lipinski definition) is 3. The van der Waals surface area contributed by atoms with Gasteiger partial charge in [0.05, 0.1) is 2.74 Å². The van der Waals surface area contributed by atoms with Crippen molar-refractivity contribution in [3.05, 3.63) is 26.9 Å². The number of hydrogen-bond donors (Lipinski definition) is 1. The number of rotatable bonds is 4. The molecule has 0 aliphatic rings. The van der Waals surface area contributed by atoms with Crippen LogP contribution in [0.4, 0.5) is 5.82 Å². The van der Waals surface area contributed by atoms with E-state index in [1.54, 1.807) is 6.92 Å². The lowest BCUT2D eigenvalue weighted by Gasteiger charge is -2.10. The molecule has 0 aliphatic heterocycles. The average Bonchev–Trinajstić information content (AvgIpc) is 2.23. The third-order valence-corrected chi connectivity index (χ3v) is 1.99. The molecule has 5 heteroatoms. The van der Waals surface area contributed by atoms with Crippen molar-refractivity contribution in [1.29, 1.82) is 0 Å². The van der Waals surface area contributed by atoms with Crippen LogP contribution in [-0.2, 0) is 13.0 Å². The first-order valence-corrected chi connectivity index (χ1v) is 4.98. The molecular formula is C10H17N3O2. The molecule has 0 atom stereocenters. The Morgan fingerprint density at radius 2 is 2.00 bits per heavy atom. The Labute approximate surface area is 91.0 Å². The molecule has 15 heavy (non-hydrogen) atoms. The molecule has 0 aliphatic carbocycles. The molecular weight excluding hydrogens is 194 g/mol. The van der Waals surface area contributed by atoms with Crippen LogP contribution >= 0.6 is 0 Å². The summed E-state index contributed by atoms with van der Waals surface area (Å²) < 4.78 is 17.2. The van der Waals surface area contributed by atoms with Gasteiger partial charge in [-0.05, 0) is 12.8 Å². The molecule has 0 aromatic carbocycles. The molecule has 1 aromatic heterocycles. The van der Waals surface area contributed by atoms with E-state index in [1.165, 1.54) is 4.57 Å². The van der Waals surface area contributed by atoms with Gasteiger partial charge >= 0.3 is 5.69 Å². The fourth-order valence-electron chi connectivity index (χ4n) is 1.35. The standard InChI is InChI=1S/C10H17N3O2/c1-3-5-12-8(11)7-9(14)13(6-4-2)10(12)15/h7H,3-6,11H2,1-2H3/i6D2. The smallest absolute Gasteiger partial charge is 0.332 e. The molecule has 1 aromatic rings. The molecule has 0 spiro atoms. The van der Waals surface area contributed by atoms with Gasteiger partial charge in [-0.2, -0.15) is 0 Å². The Bertz CT molecular complexity index is 519. The Morgan fingerprint density at radius 3 is 2.53 bits per heavy atom. The van der Waals surface area contributed by atoms with Crippen LogP contribution in [0, 0.1) is 0 Å². The highest BCUT2D eigenvalue weighted by molar-refractivity contribution is 5.26. The molecule has 1 rings (SSSR count). The summed E-state index contributed by atoms with van der Waals surface area (Å²) in [6.07, 6.45) is 0.718. The van der Waals surface area contributed by atoms with Crippen LogP contribution < -0.4 is 17.0 Å². The second kappa shape index (κ2) is 4.82. The Hall–Kier alpha value is -1.52. The highest BCUT2D eigenvalue weighted by Crippen LogP contribution is 1.96. The minimum atomic E-state index is -1.99. The lowest BCUT2D eigenvalue weighted by molar-refractivity contribution is 0.546. The van der Waals surface area contributed by atoms with Crippen LogP contribution in [-0.4, -0.2) is 9.13 Å². The van der Waals surface area contributed by atoms with Crippen LogP contribution in [0.15, 0.2) is 15.7 Å². The van der Waals surface area contributed by atoms with Crippen molar-refractivity contribution in [2.45, 2.75) is 39.7 Å². The number of nitrogen functional groups attached to an aromatic ring is 1. The first-order valence-electron chi connectivity index (χ1n) is 5.98. The molecule has 1 heterocycles. The van der Waals surface area contributed by atoms with E-state index in [2.05, 4.69) is 0 Å². The molecule has 0 unspecified atom stereocenters. The lowest BCUT2D eigenvalue weighted by Crippen LogP contribution is -2.40. The van der Waals surface area contributed by atoms with Crippen LogP contribution in [0.3, 0.4) is 0 Å². The highest BCUT2D eigenvalue weighted by Gasteiger charge is 2.07. The van der Waals surface area contributed by atoms with Crippen LogP contribution in [0.5, 0.6) is 0 Å². The summed E-state index contributed by atoms with van der Waals surface area (Å²) in [7, 11) is 0. The highest BCUT2D eigenvalue weighted by atomic mass is 16.2. The van der Waals surface area contributed by atoms with Crippen molar-refractivity contribution in [2.24, 2.45) is 0 Å². The summed E-state index contributed by atoms with van der Waals surface area (Å²) in [5, 5.41) is 0. The quantitative estimate of drug-likeness (QED) is 0.787. The Balaban J connectivity index is 3.58. The fourth-order valence-corrected chi connectivity index (χ4v) is 1.35. The van der Waals surface area contributed by atoms with Crippen molar-refractivity contribution < 1.29 is 2.74 Å². The maximum atomic E-state index is 12.0. The molecule has 0 fully saturated rings. The van der Waals surface area contributed by atoms with Crippen molar-refractivity contribution in [3.63, 3.8) is 0 Å². The number of aromatic nitrogens is 2. The van der Waals surface area contributed by atoms with Crippen molar-refractivity contribution in [2.75, 3.05) is 5.73 Å². The molecule has 0 radical (unpaired) electrons. The van der Waals surface area contributed by atoms with Crippen LogP contribution in [0.25, 0.3) is 0 Å². The normalized spacial score (nSPS) is 13.5. The predicted octanol–water partition coefficient (Wildman–Crippen LogP) is 0.412. The monoisotopic (exact) mass is 213 g/mol. The molecule has 5 nitrogen and oxygen atoms in total. The van der Waals surface area contributed by atoms with E-state index in [-0.39, 0.29) is 12.2 Å². The largest absolute Gasteiger partial charge is 0.385 e. The Morgan fingerprint density at radius 1 is 1.33 bits per heavy atom. The van der Waals surface area contributed by atoms with Crippen molar-refractivity contribution in [3.8, 4) is 0 Å².